The molecular formula is C13H10FNO3. The van der Waals surface area contributed by atoms with E-state index in [2.05, 4.69) is 4.98 Å². The average Bonchev–Trinajstić information content (AvgIpc) is 2.34. The minimum atomic E-state index is -1.11. The number of pyridine rings is 1. The van der Waals surface area contributed by atoms with Gasteiger partial charge < -0.3 is 9.84 Å². The summed E-state index contributed by atoms with van der Waals surface area (Å²) in [6, 6.07) is 7.01. The van der Waals surface area contributed by atoms with Crippen molar-refractivity contribution in [3.63, 3.8) is 0 Å². The van der Waals surface area contributed by atoms with Crippen molar-refractivity contribution in [1.82, 2.24) is 4.98 Å². The highest BCUT2D eigenvalue weighted by molar-refractivity contribution is 5.85. The SMILES string of the molecule is Cc1ccc(F)cc1Oc1ccc(C(=O)O)nc1. The van der Waals surface area contributed by atoms with Crippen LogP contribution in [0, 0.1) is 12.7 Å². The van der Waals surface area contributed by atoms with Gasteiger partial charge in [-0.3, -0.25) is 0 Å². The van der Waals surface area contributed by atoms with Crippen molar-refractivity contribution in [1.29, 1.82) is 0 Å². The van der Waals surface area contributed by atoms with Crippen LogP contribution in [0.15, 0.2) is 36.5 Å². The van der Waals surface area contributed by atoms with E-state index in [-0.39, 0.29) is 5.69 Å². The van der Waals surface area contributed by atoms with Gasteiger partial charge in [0, 0.05) is 6.07 Å². The molecule has 0 fully saturated rings. The number of carboxylic acid groups (broad SMARTS) is 1. The van der Waals surface area contributed by atoms with Crippen LogP contribution in [0.2, 0.25) is 0 Å². The first-order chi connectivity index (χ1) is 8.56. The van der Waals surface area contributed by atoms with Crippen LogP contribution in [-0.2, 0) is 0 Å². The van der Waals surface area contributed by atoms with Gasteiger partial charge in [0.25, 0.3) is 0 Å². The molecule has 1 N–H and O–H groups in total. The Kier molecular flexibility index (Phi) is 3.23. The smallest absolute Gasteiger partial charge is 0.354 e. The Balaban J connectivity index is 2.23. The summed E-state index contributed by atoms with van der Waals surface area (Å²) in [5.74, 6) is -0.775. The summed E-state index contributed by atoms with van der Waals surface area (Å²) in [5, 5.41) is 8.69. The molecule has 0 radical (unpaired) electrons. The van der Waals surface area contributed by atoms with E-state index in [1.807, 2.05) is 0 Å². The minimum absolute atomic E-state index is 0.0710. The quantitative estimate of drug-likeness (QED) is 0.905. The van der Waals surface area contributed by atoms with Crippen LogP contribution < -0.4 is 4.74 Å². The lowest BCUT2D eigenvalue weighted by atomic mass is 10.2. The van der Waals surface area contributed by atoms with Gasteiger partial charge in [-0.1, -0.05) is 6.07 Å². The number of rotatable bonds is 3. The summed E-state index contributed by atoms with van der Waals surface area (Å²) in [4.78, 5) is 14.3. The normalized spacial score (nSPS) is 10.1. The molecule has 0 aliphatic carbocycles. The molecular weight excluding hydrogens is 237 g/mol. The van der Waals surface area contributed by atoms with Crippen LogP contribution >= 0.6 is 0 Å². The highest BCUT2D eigenvalue weighted by Crippen LogP contribution is 2.25. The predicted molar refractivity (Wildman–Crippen MR) is 62.4 cm³/mol. The molecule has 0 bridgehead atoms. The van der Waals surface area contributed by atoms with Crippen molar-refractivity contribution in [2.45, 2.75) is 6.92 Å². The molecule has 2 aromatic rings. The summed E-state index contributed by atoms with van der Waals surface area (Å²) >= 11 is 0. The lowest BCUT2D eigenvalue weighted by Gasteiger charge is -2.08. The van der Waals surface area contributed by atoms with Gasteiger partial charge in [0.1, 0.15) is 23.0 Å². The van der Waals surface area contributed by atoms with Gasteiger partial charge in [-0.15, -0.1) is 0 Å². The maximum atomic E-state index is 13.0. The number of hydrogen-bond donors (Lipinski definition) is 1. The molecule has 18 heavy (non-hydrogen) atoms. The standard InChI is InChI=1S/C13H10FNO3/c1-8-2-3-9(14)6-12(8)18-10-4-5-11(13(16)17)15-7-10/h2-7H,1H3,(H,16,17). The van der Waals surface area contributed by atoms with Crippen LogP contribution in [0.25, 0.3) is 0 Å². The zero-order valence-corrected chi connectivity index (χ0v) is 9.55. The number of aryl methyl sites for hydroxylation is 1. The van der Waals surface area contributed by atoms with E-state index >= 15 is 0 Å². The predicted octanol–water partition coefficient (Wildman–Crippen LogP) is 3.02. The Hall–Kier alpha value is -2.43. The molecule has 0 aliphatic rings. The number of halogens is 1. The van der Waals surface area contributed by atoms with Gasteiger partial charge in [0.2, 0.25) is 0 Å². The first kappa shape index (κ1) is 12.0. The molecule has 2 rings (SSSR count). The van der Waals surface area contributed by atoms with Crippen molar-refractivity contribution in [3.05, 3.63) is 53.6 Å². The van der Waals surface area contributed by atoms with Crippen LogP contribution in [0.1, 0.15) is 16.1 Å². The third-order valence-corrected chi connectivity index (χ3v) is 2.33. The molecule has 0 atom stereocenters. The molecule has 1 aromatic carbocycles. The number of aromatic carboxylic acids is 1. The van der Waals surface area contributed by atoms with Gasteiger partial charge in [-0.2, -0.15) is 0 Å². The van der Waals surface area contributed by atoms with E-state index in [4.69, 9.17) is 9.84 Å². The zero-order chi connectivity index (χ0) is 13.1. The maximum Gasteiger partial charge on any atom is 0.354 e. The van der Waals surface area contributed by atoms with E-state index in [9.17, 15) is 9.18 Å². The maximum absolute atomic E-state index is 13.0. The molecule has 0 spiro atoms. The molecule has 92 valence electrons. The lowest BCUT2D eigenvalue weighted by Crippen LogP contribution is -1.99. The van der Waals surface area contributed by atoms with E-state index in [0.29, 0.717) is 11.5 Å². The highest BCUT2D eigenvalue weighted by Gasteiger charge is 2.06. The van der Waals surface area contributed by atoms with E-state index < -0.39 is 11.8 Å². The number of hydrogen-bond acceptors (Lipinski definition) is 3. The van der Waals surface area contributed by atoms with Crippen molar-refractivity contribution < 1.29 is 19.0 Å². The summed E-state index contributed by atoms with van der Waals surface area (Å²) in [7, 11) is 0. The number of nitrogens with zero attached hydrogens (tertiary/aromatic N) is 1. The first-order valence-corrected chi connectivity index (χ1v) is 5.19. The van der Waals surface area contributed by atoms with Crippen LogP contribution in [0.3, 0.4) is 0 Å². The summed E-state index contributed by atoms with van der Waals surface area (Å²) in [5.41, 5.74) is 0.706. The van der Waals surface area contributed by atoms with E-state index in [0.717, 1.165) is 5.56 Å². The minimum Gasteiger partial charge on any atom is -0.477 e. The lowest BCUT2D eigenvalue weighted by molar-refractivity contribution is 0.0690. The fourth-order valence-corrected chi connectivity index (χ4v) is 1.38. The van der Waals surface area contributed by atoms with Gasteiger partial charge in [-0.05, 0) is 30.7 Å². The van der Waals surface area contributed by atoms with Crippen molar-refractivity contribution >= 4 is 5.97 Å². The summed E-state index contributed by atoms with van der Waals surface area (Å²) in [6.45, 7) is 1.79. The molecule has 0 saturated heterocycles. The number of benzene rings is 1. The van der Waals surface area contributed by atoms with Crippen molar-refractivity contribution in [2.75, 3.05) is 0 Å². The van der Waals surface area contributed by atoms with Crippen LogP contribution in [-0.4, -0.2) is 16.1 Å². The molecule has 4 nitrogen and oxygen atoms in total. The van der Waals surface area contributed by atoms with Gasteiger partial charge in [0.05, 0.1) is 6.20 Å². The second-order valence-electron chi connectivity index (χ2n) is 3.70. The fraction of sp³-hybridized carbons (Fsp3) is 0.0769. The third kappa shape index (κ3) is 2.63. The highest BCUT2D eigenvalue weighted by atomic mass is 19.1. The molecule has 0 amide bonds. The Morgan fingerprint density at radius 1 is 1.33 bits per heavy atom. The number of carbonyl (C=O) groups is 1. The fourth-order valence-electron chi connectivity index (χ4n) is 1.38. The second kappa shape index (κ2) is 4.83. The number of ether oxygens (including phenoxy) is 1. The topological polar surface area (TPSA) is 59.4 Å². The Labute approximate surface area is 103 Å². The summed E-state index contributed by atoms with van der Waals surface area (Å²) in [6.07, 6.45) is 1.29. The molecule has 0 aliphatic heterocycles. The second-order valence-corrected chi connectivity index (χ2v) is 3.70. The average molecular weight is 247 g/mol. The molecule has 0 saturated carbocycles. The summed E-state index contributed by atoms with van der Waals surface area (Å²) < 4.78 is 18.5. The van der Waals surface area contributed by atoms with E-state index in [1.54, 1.807) is 13.0 Å². The zero-order valence-electron chi connectivity index (χ0n) is 9.55. The van der Waals surface area contributed by atoms with E-state index in [1.165, 1.54) is 30.5 Å². The monoisotopic (exact) mass is 247 g/mol. The molecule has 5 heteroatoms. The number of carboxylic acids is 1. The van der Waals surface area contributed by atoms with Crippen LogP contribution in [0.4, 0.5) is 4.39 Å². The Morgan fingerprint density at radius 2 is 2.11 bits per heavy atom. The van der Waals surface area contributed by atoms with Crippen molar-refractivity contribution in [3.8, 4) is 11.5 Å². The van der Waals surface area contributed by atoms with Gasteiger partial charge in [-0.25, -0.2) is 14.2 Å². The Morgan fingerprint density at radius 3 is 2.72 bits per heavy atom. The molecule has 1 aromatic heterocycles. The van der Waals surface area contributed by atoms with Crippen LogP contribution in [0.5, 0.6) is 11.5 Å². The third-order valence-electron chi connectivity index (χ3n) is 2.33. The molecule has 1 heterocycles. The largest absolute Gasteiger partial charge is 0.477 e. The van der Waals surface area contributed by atoms with Gasteiger partial charge in [0.15, 0.2) is 0 Å². The molecule has 0 unspecified atom stereocenters. The number of aromatic nitrogens is 1. The first-order valence-electron chi connectivity index (χ1n) is 5.19. The Bertz CT molecular complexity index is 581. The van der Waals surface area contributed by atoms with Gasteiger partial charge >= 0.3 is 5.97 Å². The van der Waals surface area contributed by atoms with Crippen molar-refractivity contribution in [2.24, 2.45) is 0 Å².